The molecule has 7 nitrogen and oxygen atoms in total. The average Bonchev–Trinajstić information content (AvgIpc) is 4.26. The molecule has 0 fully saturated rings. The maximum Gasteiger partial charge on any atom is 0.320 e. The van der Waals surface area contributed by atoms with Gasteiger partial charge < -0.3 is 20.8 Å². The van der Waals surface area contributed by atoms with Crippen LogP contribution in [0.5, 0.6) is 0 Å². The SMILES string of the molecule is CC(C)(C)c1cc(-c2c3nc(c(-c4cc(C(C)(C)C)cc(C(C)(C)C)c4)c4ccc([nH]4)c(-c4cc(C(C)(C)C)cc(C(C)(C)C)c4)c4nc(c(-c5ccc(C[C@H](N)C(=O)O)cc5)c5ccc2[nH]5)C=C4)C=C3)cc(C(C)(C)C)c1. The Balaban J connectivity index is 1.50. The van der Waals surface area contributed by atoms with Crippen molar-refractivity contribution in [1.29, 1.82) is 0 Å². The highest BCUT2D eigenvalue weighted by Crippen LogP contribution is 2.44. The van der Waals surface area contributed by atoms with Crippen molar-refractivity contribution in [3.63, 3.8) is 0 Å². The van der Waals surface area contributed by atoms with E-state index in [0.29, 0.717) is 0 Å². The number of carboxylic acids is 1. The van der Waals surface area contributed by atoms with Gasteiger partial charge in [-0.3, -0.25) is 4.79 Å². The number of fused-ring (bicyclic) bond motifs is 8. The molecule has 0 saturated heterocycles. The normalized spacial score (nSPS) is 13.8. The summed E-state index contributed by atoms with van der Waals surface area (Å²) in [4.78, 5) is 31.4. The minimum absolute atomic E-state index is 0.119. The monoisotopic (exact) mass is 1040 g/mol. The second kappa shape index (κ2) is 19.7. The second-order valence-corrected chi connectivity index (χ2v) is 28.2. The zero-order valence-corrected chi connectivity index (χ0v) is 49.7. The molecule has 0 unspecified atom stereocenters. The summed E-state index contributed by atoms with van der Waals surface area (Å²) in [5, 5.41) is 9.70. The van der Waals surface area contributed by atoms with E-state index < -0.39 is 12.0 Å². The summed E-state index contributed by atoms with van der Waals surface area (Å²) in [6.45, 7) is 41.2. The number of nitrogens with zero attached hydrogens (tertiary/aromatic N) is 2. The van der Waals surface area contributed by atoms with E-state index in [9.17, 15) is 9.90 Å². The Hall–Kier alpha value is -7.09. The fraction of sp³-hybridized carbons (Fsp3) is 0.366. The number of hydrogen-bond donors (Lipinski definition) is 4. The average molecular weight is 1040 g/mol. The van der Waals surface area contributed by atoms with E-state index in [0.717, 1.165) is 94.9 Å². The summed E-state index contributed by atoms with van der Waals surface area (Å²) in [5.74, 6) is -1.03. The van der Waals surface area contributed by atoms with Crippen molar-refractivity contribution >= 4 is 52.3 Å². The standard InChI is InChI=1S/C71H83N5O2/c1-66(2,3)46-32-43(33-47(38-46)67(4,5)6)62-55-25-23-53(73-55)61(42-21-19-41(20-22-42)31-52(72)65(77)78)54-24-26-56(74-54)63(44-34-48(68(7,8)9)39-49(35-44)69(10,11)12)58-28-30-60(76-58)64(59-29-27-57(62)75-59)45-36-50(70(13,14)15)40-51(37-45)71(16,17)18/h19-30,32-40,52,73,76H,31,72H2,1-18H3,(H,77,78)/t52-/m0/s1. The van der Waals surface area contributed by atoms with Gasteiger partial charge >= 0.3 is 5.97 Å². The molecule has 78 heavy (non-hydrogen) atoms. The van der Waals surface area contributed by atoms with Gasteiger partial charge in [-0.1, -0.05) is 203 Å². The molecule has 7 aromatic rings. The zero-order valence-electron chi connectivity index (χ0n) is 49.7. The van der Waals surface area contributed by atoms with Crippen molar-refractivity contribution in [3.8, 4) is 44.5 Å². The molecule has 0 saturated carbocycles. The van der Waals surface area contributed by atoms with Crippen molar-refractivity contribution in [2.75, 3.05) is 0 Å². The number of aromatic nitrogens is 4. The summed E-state index contributed by atoms with van der Waals surface area (Å²) < 4.78 is 0. The van der Waals surface area contributed by atoms with Crippen LogP contribution >= 0.6 is 0 Å². The van der Waals surface area contributed by atoms with Crippen molar-refractivity contribution in [1.82, 2.24) is 19.9 Å². The van der Waals surface area contributed by atoms with E-state index >= 15 is 0 Å². The Labute approximate surface area is 464 Å². The summed E-state index contributed by atoms with van der Waals surface area (Å²) in [7, 11) is 0. The van der Waals surface area contributed by atoms with Crippen LogP contribution < -0.4 is 5.73 Å². The van der Waals surface area contributed by atoms with E-state index in [2.05, 4.69) is 250 Å². The van der Waals surface area contributed by atoms with Crippen LogP contribution in [0.25, 0.3) is 90.9 Å². The molecule has 0 radical (unpaired) electrons. The molecule has 5 N–H and O–H groups in total. The maximum absolute atomic E-state index is 11.8. The number of nitrogens with two attached hydrogens (primary N) is 1. The van der Waals surface area contributed by atoms with E-state index in [1.54, 1.807) is 0 Å². The molecule has 7 heteroatoms. The highest BCUT2D eigenvalue weighted by molar-refractivity contribution is 6.00. The highest BCUT2D eigenvalue weighted by Gasteiger charge is 2.28. The van der Waals surface area contributed by atoms with Gasteiger partial charge in [-0.25, -0.2) is 9.97 Å². The topological polar surface area (TPSA) is 121 Å². The molecule has 0 spiro atoms. The lowest BCUT2D eigenvalue weighted by Crippen LogP contribution is -2.32. The summed E-state index contributed by atoms with van der Waals surface area (Å²) >= 11 is 0. The van der Waals surface area contributed by atoms with E-state index in [-0.39, 0.29) is 38.9 Å². The number of H-pyrrole nitrogens is 2. The second-order valence-electron chi connectivity index (χ2n) is 28.2. The minimum atomic E-state index is -1.03. The van der Waals surface area contributed by atoms with Gasteiger partial charge in [0, 0.05) is 44.3 Å². The third-order valence-electron chi connectivity index (χ3n) is 15.6. The predicted molar refractivity (Wildman–Crippen MR) is 332 cm³/mol. The molecular formula is C71H83N5O2. The van der Waals surface area contributed by atoms with E-state index in [1.165, 1.54) is 33.4 Å². The van der Waals surface area contributed by atoms with Crippen LogP contribution in [0.4, 0.5) is 0 Å². The van der Waals surface area contributed by atoms with Gasteiger partial charge in [0.2, 0.25) is 0 Å². The van der Waals surface area contributed by atoms with Gasteiger partial charge in [0.25, 0.3) is 0 Å². The van der Waals surface area contributed by atoms with Crippen LogP contribution in [0, 0.1) is 0 Å². The van der Waals surface area contributed by atoms with Crippen LogP contribution in [-0.2, 0) is 43.7 Å². The first-order valence-corrected chi connectivity index (χ1v) is 27.9. The van der Waals surface area contributed by atoms with Crippen LogP contribution in [0.1, 0.15) is 186 Å². The molecule has 2 aliphatic heterocycles. The number of carboxylic acid groups (broad SMARTS) is 1. The molecule has 8 bridgehead atoms. The highest BCUT2D eigenvalue weighted by atomic mass is 16.4. The van der Waals surface area contributed by atoms with Crippen LogP contribution in [0.3, 0.4) is 0 Å². The molecule has 2 aliphatic rings. The van der Waals surface area contributed by atoms with Crippen LogP contribution in [0.2, 0.25) is 0 Å². The number of rotatable bonds is 7. The number of carbonyl (C=O) groups is 1. The van der Waals surface area contributed by atoms with E-state index in [4.69, 9.17) is 15.7 Å². The number of nitrogens with one attached hydrogen (secondary N) is 2. The third kappa shape index (κ3) is 11.4. The first-order valence-electron chi connectivity index (χ1n) is 27.9. The largest absolute Gasteiger partial charge is 0.480 e. The Morgan fingerprint density at radius 2 is 0.641 bits per heavy atom. The van der Waals surface area contributed by atoms with E-state index in [1.807, 2.05) is 12.1 Å². The molecule has 0 amide bonds. The van der Waals surface area contributed by atoms with Gasteiger partial charge in [-0.2, -0.15) is 0 Å². The van der Waals surface area contributed by atoms with Gasteiger partial charge in [0.15, 0.2) is 0 Å². The van der Waals surface area contributed by atoms with Crippen molar-refractivity contribution < 1.29 is 9.90 Å². The number of aromatic amines is 2. The molecule has 404 valence electrons. The molecule has 5 heterocycles. The number of hydrogen-bond acceptors (Lipinski definition) is 4. The Morgan fingerprint density at radius 3 is 0.872 bits per heavy atom. The lowest BCUT2D eigenvalue weighted by molar-refractivity contribution is -0.138. The van der Waals surface area contributed by atoms with Gasteiger partial charge in [-0.15, -0.1) is 0 Å². The fourth-order valence-corrected chi connectivity index (χ4v) is 10.5. The molecule has 4 aromatic carbocycles. The van der Waals surface area contributed by atoms with Gasteiger partial charge in [-0.05, 0) is 149 Å². The quantitative estimate of drug-likeness (QED) is 0.127. The summed E-state index contributed by atoms with van der Waals surface area (Å²) in [6.07, 6.45) is 8.92. The van der Waals surface area contributed by atoms with Crippen LogP contribution in [0.15, 0.2) is 103 Å². The molecule has 0 aliphatic carbocycles. The lowest BCUT2D eigenvalue weighted by atomic mass is 9.78. The molecule has 1 atom stereocenters. The van der Waals surface area contributed by atoms with Crippen molar-refractivity contribution in [3.05, 3.63) is 165 Å². The van der Waals surface area contributed by atoms with Crippen molar-refractivity contribution in [2.45, 2.75) is 170 Å². The Morgan fingerprint density at radius 1 is 0.397 bits per heavy atom. The zero-order chi connectivity index (χ0) is 56.8. The Bertz CT molecular complexity index is 3570. The molecule has 9 rings (SSSR count). The number of aliphatic carboxylic acids is 1. The number of benzene rings is 4. The Kier molecular flexibility index (Phi) is 14.0. The summed E-state index contributed by atoms with van der Waals surface area (Å²) in [5.41, 5.74) is 28.9. The van der Waals surface area contributed by atoms with Crippen LogP contribution in [-0.4, -0.2) is 37.1 Å². The lowest BCUT2D eigenvalue weighted by Gasteiger charge is -2.26. The maximum atomic E-state index is 11.8. The van der Waals surface area contributed by atoms with Gasteiger partial charge in [0.05, 0.1) is 22.8 Å². The minimum Gasteiger partial charge on any atom is -0.480 e. The predicted octanol–water partition coefficient (Wildman–Crippen LogP) is 18.1. The molecular weight excluding hydrogens is 955 g/mol. The van der Waals surface area contributed by atoms with Gasteiger partial charge in [0.1, 0.15) is 6.04 Å². The third-order valence-corrected chi connectivity index (χ3v) is 15.6. The first kappa shape index (κ1) is 55.7. The molecule has 3 aromatic heterocycles. The fourth-order valence-electron chi connectivity index (χ4n) is 10.5. The smallest absolute Gasteiger partial charge is 0.320 e. The summed E-state index contributed by atoms with van der Waals surface area (Å²) in [6, 6.07) is 37.2. The van der Waals surface area contributed by atoms with Crippen molar-refractivity contribution in [2.24, 2.45) is 5.73 Å². The first-order chi connectivity index (χ1) is 36.1.